The number of carboxylic acids is 1. The van der Waals surface area contributed by atoms with Crippen molar-refractivity contribution in [1.82, 2.24) is 4.90 Å². The lowest BCUT2D eigenvalue weighted by atomic mass is 9.93. The Labute approximate surface area is 111 Å². The monoisotopic (exact) mass is 273 g/mol. The Bertz CT molecular complexity index is 327. The molecule has 0 aromatic heterocycles. The summed E-state index contributed by atoms with van der Waals surface area (Å²) in [6, 6.07) is 0. The summed E-state index contributed by atoms with van der Waals surface area (Å²) in [6.07, 6.45) is 0.707. The number of nitrogens with zero attached hydrogens (tertiary/aromatic N) is 1. The zero-order valence-corrected chi connectivity index (χ0v) is 11.5. The molecule has 1 aliphatic heterocycles. The number of hydrogen-bond donors (Lipinski definition) is 1. The van der Waals surface area contributed by atoms with Crippen molar-refractivity contribution in [2.45, 2.75) is 26.7 Å². The molecule has 1 fully saturated rings. The zero-order chi connectivity index (χ0) is 13.7. The van der Waals surface area contributed by atoms with Gasteiger partial charge in [0.25, 0.3) is 0 Å². The van der Waals surface area contributed by atoms with Crippen molar-refractivity contribution >= 4 is 29.5 Å². The normalized spacial score (nSPS) is 18.3. The number of imide groups is 1. The van der Waals surface area contributed by atoms with E-state index in [1.54, 1.807) is 0 Å². The molecule has 0 aromatic carbocycles. The molecule has 1 heterocycles. The third-order valence-corrected chi connectivity index (χ3v) is 3.66. The molecule has 0 spiro atoms. The largest absolute Gasteiger partial charge is 0.481 e. The molecule has 1 saturated heterocycles. The van der Waals surface area contributed by atoms with E-state index in [-0.39, 0.29) is 30.7 Å². The van der Waals surface area contributed by atoms with E-state index in [0.717, 1.165) is 0 Å². The fourth-order valence-electron chi connectivity index (χ4n) is 2.12. The minimum Gasteiger partial charge on any atom is -0.481 e. The number of carbonyl (C=O) groups is 3. The zero-order valence-electron chi connectivity index (χ0n) is 10.7. The third kappa shape index (κ3) is 4.68. The summed E-state index contributed by atoms with van der Waals surface area (Å²) in [4.78, 5) is 35.3. The Kier molecular flexibility index (Phi) is 5.65. The molecule has 0 radical (unpaired) electrons. The van der Waals surface area contributed by atoms with E-state index in [1.165, 1.54) is 16.7 Å². The number of carbonyl (C=O) groups excluding carboxylic acids is 2. The van der Waals surface area contributed by atoms with Gasteiger partial charge in [-0.05, 0) is 18.3 Å². The van der Waals surface area contributed by atoms with Crippen molar-refractivity contribution in [2.24, 2.45) is 11.8 Å². The molecule has 1 aliphatic rings. The SMILES string of the molecule is CC(C)CC(CC(=O)O)CN1C(=O)CSCC1=O. The molecule has 1 rings (SSSR count). The number of thioether (sulfide) groups is 1. The van der Waals surface area contributed by atoms with Crippen LogP contribution in [0.5, 0.6) is 0 Å². The van der Waals surface area contributed by atoms with Crippen molar-refractivity contribution in [2.75, 3.05) is 18.1 Å². The molecular formula is C12H19NO4S. The number of hydrogen-bond acceptors (Lipinski definition) is 4. The summed E-state index contributed by atoms with van der Waals surface area (Å²) in [7, 11) is 0. The fraction of sp³-hybridized carbons (Fsp3) is 0.750. The second-order valence-corrected chi connectivity index (χ2v) is 5.97. The molecule has 0 aliphatic carbocycles. The van der Waals surface area contributed by atoms with Crippen molar-refractivity contribution in [3.8, 4) is 0 Å². The van der Waals surface area contributed by atoms with Gasteiger partial charge in [-0.25, -0.2) is 0 Å². The van der Waals surface area contributed by atoms with E-state index in [0.29, 0.717) is 23.8 Å². The maximum atomic E-state index is 11.6. The first kappa shape index (κ1) is 15.0. The second-order valence-electron chi connectivity index (χ2n) is 4.98. The average Bonchev–Trinajstić information content (AvgIpc) is 2.21. The minimum atomic E-state index is -0.882. The van der Waals surface area contributed by atoms with Crippen LogP contribution in [0.1, 0.15) is 26.7 Å². The highest BCUT2D eigenvalue weighted by molar-refractivity contribution is 8.00. The summed E-state index contributed by atoms with van der Waals surface area (Å²) in [5.74, 6) is -0.463. The summed E-state index contributed by atoms with van der Waals surface area (Å²) >= 11 is 1.31. The van der Waals surface area contributed by atoms with E-state index in [2.05, 4.69) is 0 Å². The maximum absolute atomic E-state index is 11.6. The van der Waals surface area contributed by atoms with Gasteiger partial charge in [0.15, 0.2) is 0 Å². The fourth-order valence-corrected chi connectivity index (χ4v) is 2.88. The lowest BCUT2D eigenvalue weighted by Crippen LogP contribution is -2.45. The van der Waals surface area contributed by atoms with Crippen LogP contribution in [0, 0.1) is 11.8 Å². The van der Waals surface area contributed by atoms with Crippen molar-refractivity contribution in [3.05, 3.63) is 0 Å². The van der Waals surface area contributed by atoms with Gasteiger partial charge >= 0.3 is 5.97 Å². The lowest BCUT2D eigenvalue weighted by Gasteiger charge is -2.28. The molecule has 0 bridgehead atoms. The van der Waals surface area contributed by atoms with Crippen LogP contribution in [0.15, 0.2) is 0 Å². The highest BCUT2D eigenvalue weighted by atomic mass is 32.2. The third-order valence-electron chi connectivity index (χ3n) is 2.76. The van der Waals surface area contributed by atoms with Gasteiger partial charge in [0.2, 0.25) is 11.8 Å². The Morgan fingerprint density at radius 2 is 1.89 bits per heavy atom. The first-order chi connectivity index (χ1) is 8.40. The minimum absolute atomic E-state index is 0.00236. The second kappa shape index (κ2) is 6.78. The van der Waals surface area contributed by atoms with Gasteiger partial charge in [-0.15, -0.1) is 11.8 Å². The molecule has 1 unspecified atom stereocenters. The van der Waals surface area contributed by atoms with Gasteiger partial charge in [-0.2, -0.15) is 0 Å². The van der Waals surface area contributed by atoms with E-state index < -0.39 is 5.97 Å². The predicted molar refractivity (Wildman–Crippen MR) is 69.2 cm³/mol. The molecular weight excluding hydrogens is 254 g/mol. The van der Waals surface area contributed by atoms with E-state index >= 15 is 0 Å². The average molecular weight is 273 g/mol. The van der Waals surface area contributed by atoms with Crippen LogP contribution in [0.25, 0.3) is 0 Å². The number of carboxylic acid groups (broad SMARTS) is 1. The van der Waals surface area contributed by atoms with Crippen LogP contribution in [0.4, 0.5) is 0 Å². The van der Waals surface area contributed by atoms with Crippen LogP contribution in [-0.2, 0) is 14.4 Å². The van der Waals surface area contributed by atoms with Gasteiger partial charge < -0.3 is 5.11 Å². The molecule has 0 saturated carbocycles. The van der Waals surface area contributed by atoms with Gasteiger partial charge in [0.1, 0.15) is 0 Å². The highest BCUT2D eigenvalue weighted by Gasteiger charge is 2.29. The quantitative estimate of drug-likeness (QED) is 0.737. The highest BCUT2D eigenvalue weighted by Crippen LogP contribution is 2.20. The van der Waals surface area contributed by atoms with E-state index in [9.17, 15) is 14.4 Å². The standard InChI is InChI=1S/C12H19NO4S/c1-8(2)3-9(4-12(16)17)5-13-10(14)6-18-7-11(13)15/h8-9H,3-7H2,1-2H3,(H,16,17). The smallest absolute Gasteiger partial charge is 0.303 e. The van der Waals surface area contributed by atoms with Gasteiger partial charge in [0.05, 0.1) is 11.5 Å². The summed E-state index contributed by atoms with van der Waals surface area (Å²) in [6.45, 7) is 4.25. The Morgan fingerprint density at radius 1 is 1.33 bits per heavy atom. The summed E-state index contributed by atoms with van der Waals surface area (Å²) in [5.41, 5.74) is 0. The Morgan fingerprint density at radius 3 is 2.33 bits per heavy atom. The molecule has 6 heteroatoms. The molecule has 18 heavy (non-hydrogen) atoms. The number of aliphatic carboxylic acids is 1. The van der Waals surface area contributed by atoms with Crippen molar-refractivity contribution in [1.29, 1.82) is 0 Å². The topological polar surface area (TPSA) is 74.7 Å². The van der Waals surface area contributed by atoms with Crippen LogP contribution in [0.2, 0.25) is 0 Å². The Balaban J connectivity index is 2.65. The van der Waals surface area contributed by atoms with Crippen molar-refractivity contribution in [3.63, 3.8) is 0 Å². The summed E-state index contributed by atoms with van der Waals surface area (Å²) in [5, 5.41) is 8.87. The first-order valence-corrected chi connectivity index (χ1v) is 7.18. The number of rotatable bonds is 6. The van der Waals surface area contributed by atoms with Gasteiger partial charge in [0, 0.05) is 13.0 Å². The predicted octanol–water partition coefficient (Wildman–Crippen LogP) is 1.23. The van der Waals surface area contributed by atoms with Crippen LogP contribution in [-0.4, -0.2) is 45.8 Å². The van der Waals surface area contributed by atoms with E-state index in [1.807, 2.05) is 13.8 Å². The molecule has 2 amide bonds. The van der Waals surface area contributed by atoms with Crippen LogP contribution < -0.4 is 0 Å². The van der Waals surface area contributed by atoms with Gasteiger partial charge in [-0.1, -0.05) is 13.8 Å². The lowest BCUT2D eigenvalue weighted by molar-refractivity contribution is -0.145. The van der Waals surface area contributed by atoms with E-state index in [4.69, 9.17) is 5.11 Å². The van der Waals surface area contributed by atoms with Crippen molar-refractivity contribution < 1.29 is 19.5 Å². The molecule has 5 nitrogen and oxygen atoms in total. The molecule has 102 valence electrons. The Hall–Kier alpha value is -1.04. The summed E-state index contributed by atoms with van der Waals surface area (Å²) < 4.78 is 0. The van der Waals surface area contributed by atoms with Crippen LogP contribution >= 0.6 is 11.8 Å². The first-order valence-electron chi connectivity index (χ1n) is 6.03. The maximum Gasteiger partial charge on any atom is 0.303 e. The number of amides is 2. The van der Waals surface area contributed by atoms with Crippen LogP contribution in [0.3, 0.4) is 0 Å². The molecule has 1 N–H and O–H groups in total. The van der Waals surface area contributed by atoms with Gasteiger partial charge in [-0.3, -0.25) is 19.3 Å². The molecule has 0 aromatic rings. The molecule has 1 atom stereocenters.